The van der Waals surface area contributed by atoms with Gasteiger partial charge in [0.2, 0.25) is 0 Å². The quantitative estimate of drug-likeness (QED) is 0.729. The van der Waals surface area contributed by atoms with Gasteiger partial charge in [-0.1, -0.05) is 11.2 Å². The van der Waals surface area contributed by atoms with Gasteiger partial charge in [0.1, 0.15) is 5.76 Å². The third kappa shape index (κ3) is 3.67. The molecule has 1 N–H and O–H groups in total. The molecule has 152 valence electrons. The molecule has 0 saturated carbocycles. The summed E-state index contributed by atoms with van der Waals surface area (Å²) in [6, 6.07) is 3.86. The Hall–Kier alpha value is -3.00. The molecule has 8 nitrogen and oxygen atoms in total. The number of piperidine rings is 1. The van der Waals surface area contributed by atoms with Gasteiger partial charge in [-0.3, -0.25) is 14.5 Å². The molecule has 1 unspecified atom stereocenters. The fourth-order valence-electron chi connectivity index (χ4n) is 4.01. The summed E-state index contributed by atoms with van der Waals surface area (Å²) in [5.41, 5.74) is 4.54. The minimum atomic E-state index is -0.108. The van der Waals surface area contributed by atoms with Gasteiger partial charge in [0.15, 0.2) is 0 Å². The first-order valence-electron chi connectivity index (χ1n) is 9.79. The van der Waals surface area contributed by atoms with Crippen molar-refractivity contribution in [3.8, 4) is 11.3 Å². The molecule has 0 aromatic carbocycles. The molecule has 1 aliphatic heterocycles. The maximum absolute atomic E-state index is 12.8. The molecule has 1 saturated heterocycles. The molecule has 4 heterocycles. The third-order valence-corrected chi connectivity index (χ3v) is 5.52. The van der Waals surface area contributed by atoms with Gasteiger partial charge >= 0.3 is 0 Å². The summed E-state index contributed by atoms with van der Waals surface area (Å²) in [7, 11) is 1.80. The van der Waals surface area contributed by atoms with Crippen LogP contribution in [0.3, 0.4) is 0 Å². The average molecular weight is 395 g/mol. The Bertz CT molecular complexity index is 1020. The summed E-state index contributed by atoms with van der Waals surface area (Å²) >= 11 is 0. The number of aliphatic hydroxyl groups is 1. The number of hydrogen-bond acceptors (Lipinski definition) is 6. The highest BCUT2D eigenvalue weighted by molar-refractivity contribution is 5.93. The first-order valence-corrected chi connectivity index (χ1v) is 9.79. The number of aromatic nitrogens is 4. The predicted molar refractivity (Wildman–Crippen MR) is 106 cm³/mol. The maximum Gasteiger partial charge on any atom is 0.257 e. The maximum atomic E-state index is 12.8. The van der Waals surface area contributed by atoms with E-state index < -0.39 is 0 Å². The molecule has 8 heteroatoms. The predicted octanol–water partition coefficient (Wildman–Crippen LogP) is 2.60. The molecule has 0 aliphatic carbocycles. The highest BCUT2D eigenvalue weighted by Gasteiger charge is 2.28. The van der Waals surface area contributed by atoms with Crippen molar-refractivity contribution in [1.29, 1.82) is 0 Å². The topological polar surface area (TPSA) is 97.3 Å². The Balaban J connectivity index is 1.63. The zero-order valence-electron chi connectivity index (χ0n) is 16.9. The van der Waals surface area contributed by atoms with Crippen LogP contribution < -0.4 is 0 Å². The largest absolute Gasteiger partial charge is 0.392 e. The summed E-state index contributed by atoms with van der Waals surface area (Å²) in [6.45, 7) is 4.95. The van der Waals surface area contributed by atoms with Gasteiger partial charge in [0.25, 0.3) is 5.91 Å². The van der Waals surface area contributed by atoms with E-state index >= 15 is 0 Å². The van der Waals surface area contributed by atoms with Crippen LogP contribution in [0.2, 0.25) is 0 Å². The van der Waals surface area contributed by atoms with E-state index in [-0.39, 0.29) is 18.4 Å². The summed E-state index contributed by atoms with van der Waals surface area (Å²) in [6.07, 6.45) is 5.23. The van der Waals surface area contributed by atoms with Crippen molar-refractivity contribution in [2.75, 3.05) is 13.1 Å². The molecule has 4 rings (SSSR count). The van der Waals surface area contributed by atoms with Crippen LogP contribution in [0.5, 0.6) is 0 Å². The number of nitrogens with zero attached hydrogens (tertiary/aromatic N) is 5. The lowest BCUT2D eigenvalue weighted by atomic mass is 9.92. The lowest BCUT2D eigenvalue weighted by Crippen LogP contribution is -2.39. The van der Waals surface area contributed by atoms with Gasteiger partial charge in [-0.2, -0.15) is 5.10 Å². The van der Waals surface area contributed by atoms with Crippen LogP contribution in [-0.2, 0) is 13.7 Å². The van der Waals surface area contributed by atoms with E-state index in [4.69, 9.17) is 9.51 Å². The van der Waals surface area contributed by atoms with Crippen molar-refractivity contribution in [3.05, 3.63) is 52.8 Å². The second-order valence-corrected chi connectivity index (χ2v) is 7.59. The number of rotatable bonds is 4. The Kier molecular flexibility index (Phi) is 5.19. The molecule has 0 bridgehead atoms. The molecule has 1 atom stereocenters. The smallest absolute Gasteiger partial charge is 0.257 e. The van der Waals surface area contributed by atoms with Crippen LogP contribution >= 0.6 is 0 Å². The number of carbonyl (C=O) groups is 1. The SMILES string of the molecule is Cc1noc(C)c1-c1nc(C2CCCN(C(=O)c3cnn(C)c3)C2)ccc1CO. The fourth-order valence-corrected chi connectivity index (χ4v) is 4.01. The molecule has 29 heavy (non-hydrogen) atoms. The first kappa shape index (κ1) is 19.3. The second-order valence-electron chi connectivity index (χ2n) is 7.59. The van der Waals surface area contributed by atoms with Crippen molar-refractivity contribution in [3.63, 3.8) is 0 Å². The summed E-state index contributed by atoms with van der Waals surface area (Å²) in [5, 5.41) is 17.9. The first-order chi connectivity index (χ1) is 14.0. The van der Waals surface area contributed by atoms with E-state index in [2.05, 4.69) is 10.3 Å². The van der Waals surface area contributed by atoms with Crippen LogP contribution in [0.1, 0.15) is 51.8 Å². The number of pyridine rings is 1. The van der Waals surface area contributed by atoms with Gasteiger partial charge in [-0.25, -0.2) is 0 Å². The minimum absolute atomic E-state index is 0.000672. The van der Waals surface area contributed by atoms with E-state index in [0.717, 1.165) is 41.9 Å². The zero-order chi connectivity index (χ0) is 20.5. The van der Waals surface area contributed by atoms with E-state index in [9.17, 15) is 9.90 Å². The standard InChI is InChI=1S/C21H25N5O3/c1-13-19(14(2)29-24-13)20-16(12-27)6-7-18(23-20)15-5-4-8-26(11-15)21(28)17-9-22-25(3)10-17/h6-7,9-10,15,27H,4-5,8,11-12H2,1-3H3. The highest BCUT2D eigenvalue weighted by Crippen LogP contribution is 2.32. The number of aryl methyl sites for hydroxylation is 3. The van der Waals surface area contributed by atoms with Crippen LogP contribution in [0, 0.1) is 13.8 Å². The van der Waals surface area contributed by atoms with Crippen molar-refractivity contribution in [1.82, 2.24) is 24.8 Å². The van der Waals surface area contributed by atoms with E-state index in [1.165, 1.54) is 0 Å². The normalized spacial score (nSPS) is 17.0. The third-order valence-electron chi connectivity index (χ3n) is 5.52. The van der Waals surface area contributed by atoms with Crippen LogP contribution in [0.4, 0.5) is 0 Å². The molecule has 0 spiro atoms. The molecular weight excluding hydrogens is 370 g/mol. The molecule has 1 aliphatic rings. The van der Waals surface area contributed by atoms with Gasteiger partial charge in [0, 0.05) is 43.5 Å². The van der Waals surface area contributed by atoms with E-state index in [0.29, 0.717) is 23.6 Å². The van der Waals surface area contributed by atoms with Gasteiger partial charge in [-0.05, 0) is 32.8 Å². The van der Waals surface area contributed by atoms with E-state index in [1.54, 1.807) is 24.1 Å². The number of amides is 1. The Morgan fingerprint density at radius 2 is 2.17 bits per heavy atom. The highest BCUT2D eigenvalue weighted by atomic mass is 16.5. The number of likely N-dealkylation sites (tertiary alicyclic amines) is 1. The summed E-state index contributed by atoms with van der Waals surface area (Å²) in [5.74, 6) is 0.816. The van der Waals surface area contributed by atoms with Crippen molar-refractivity contribution in [2.45, 2.75) is 39.2 Å². The lowest BCUT2D eigenvalue weighted by molar-refractivity contribution is 0.0706. The van der Waals surface area contributed by atoms with Crippen LogP contribution in [-0.4, -0.2) is 48.9 Å². The number of hydrogen-bond donors (Lipinski definition) is 1. The zero-order valence-corrected chi connectivity index (χ0v) is 16.9. The second kappa shape index (κ2) is 7.79. The minimum Gasteiger partial charge on any atom is -0.392 e. The lowest BCUT2D eigenvalue weighted by Gasteiger charge is -2.32. The van der Waals surface area contributed by atoms with Crippen LogP contribution in [0.25, 0.3) is 11.3 Å². The summed E-state index contributed by atoms with van der Waals surface area (Å²) < 4.78 is 6.94. The van der Waals surface area contributed by atoms with Gasteiger partial charge in [-0.15, -0.1) is 0 Å². The van der Waals surface area contributed by atoms with Gasteiger partial charge < -0.3 is 14.5 Å². The van der Waals surface area contributed by atoms with Crippen molar-refractivity contribution >= 4 is 5.91 Å². The van der Waals surface area contributed by atoms with E-state index in [1.807, 2.05) is 30.9 Å². The number of carbonyl (C=O) groups excluding carboxylic acids is 1. The van der Waals surface area contributed by atoms with Crippen LogP contribution in [0.15, 0.2) is 29.0 Å². The molecular formula is C21H25N5O3. The average Bonchev–Trinajstić information content (AvgIpc) is 3.32. The monoisotopic (exact) mass is 395 g/mol. The molecule has 1 amide bonds. The Morgan fingerprint density at radius 3 is 2.83 bits per heavy atom. The Labute approximate surface area is 169 Å². The molecule has 1 fully saturated rings. The fraction of sp³-hybridized carbons (Fsp3) is 0.429. The number of aliphatic hydroxyl groups excluding tert-OH is 1. The van der Waals surface area contributed by atoms with Crippen molar-refractivity contribution < 1.29 is 14.4 Å². The Morgan fingerprint density at radius 1 is 1.34 bits per heavy atom. The molecule has 0 radical (unpaired) electrons. The van der Waals surface area contributed by atoms with Crippen molar-refractivity contribution in [2.24, 2.45) is 7.05 Å². The molecule has 3 aromatic heterocycles. The summed E-state index contributed by atoms with van der Waals surface area (Å²) in [4.78, 5) is 19.6. The van der Waals surface area contributed by atoms with Gasteiger partial charge in [0.05, 0.1) is 35.3 Å². The molecule has 3 aromatic rings.